The van der Waals surface area contributed by atoms with Gasteiger partial charge in [0.1, 0.15) is 23.0 Å². The van der Waals surface area contributed by atoms with Gasteiger partial charge in [-0.1, -0.05) is 35.4 Å². The van der Waals surface area contributed by atoms with Crippen LogP contribution in [-0.2, 0) is 0 Å². The number of oxazole rings is 1. The number of nitrogens with zero attached hydrogens (tertiary/aromatic N) is 6. The topological polar surface area (TPSA) is 120 Å². The number of rotatable bonds is 7. The Kier molecular flexibility index (Phi) is 7.20. The highest BCUT2D eigenvalue weighted by Gasteiger charge is 2.33. The summed E-state index contributed by atoms with van der Waals surface area (Å²) in [6.07, 6.45) is -3.30. The second kappa shape index (κ2) is 11.1. The molecule has 2 aromatic carbocycles. The highest BCUT2D eigenvalue weighted by molar-refractivity contribution is 5.93. The third-order valence-corrected chi connectivity index (χ3v) is 6.73. The second-order valence-electron chi connectivity index (χ2n) is 9.38. The van der Waals surface area contributed by atoms with E-state index in [-0.39, 0.29) is 40.7 Å². The number of pyridine rings is 1. The SMILES string of the molecule is COc1nnc([C@H](c2ccccc2)N2CCN(C(=O)c3cc(-c4nc5cc(OC(F)(F)F)ccc5o4)ccn3)CC2)o1. The van der Waals surface area contributed by atoms with Crippen LogP contribution in [0.4, 0.5) is 13.2 Å². The number of fused-ring (bicyclic) bond motifs is 1. The molecule has 0 radical (unpaired) electrons. The molecular formula is C28H23F3N6O5. The maximum atomic E-state index is 13.4. The van der Waals surface area contributed by atoms with Crippen molar-refractivity contribution < 1.29 is 36.3 Å². The number of ether oxygens (including phenoxy) is 2. The largest absolute Gasteiger partial charge is 0.573 e. The molecule has 1 fully saturated rings. The van der Waals surface area contributed by atoms with Crippen LogP contribution in [0.5, 0.6) is 11.8 Å². The van der Waals surface area contributed by atoms with Crippen molar-refractivity contribution in [3.8, 4) is 23.3 Å². The van der Waals surface area contributed by atoms with E-state index in [1.807, 2.05) is 30.3 Å². The minimum Gasteiger partial charge on any atom is -0.452 e. The summed E-state index contributed by atoms with van der Waals surface area (Å²) in [6, 6.07) is 16.2. The first-order valence-corrected chi connectivity index (χ1v) is 12.9. The van der Waals surface area contributed by atoms with Gasteiger partial charge in [0.25, 0.3) is 5.91 Å². The van der Waals surface area contributed by atoms with E-state index in [1.165, 1.54) is 19.4 Å². The van der Waals surface area contributed by atoms with Crippen molar-refractivity contribution in [2.75, 3.05) is 33.3 Å². The molecule has 4 heterocycles. The van der Waals surface area contributed by atoms with Crippen LogP contribution in [0.3, 0.4) is 0 Å². The lowest BCUT2D eigenvalue weighted by Gasteiger charge is -2.38. The van der Waals surface area contributed by atoms with Crippen LogP contribution in [0.1, 0.15) is 28.0 Å². The van der Waals surface area contributed by atoms with Crippen LogP contribution >= 0.6 is 0 Å². The second-order valence-corrected chi connectivity index (χ2v) is 9.38. The van der Waals surface area contributed by atoms with Gasteiger partial charge in [-0.25, -0.2) is 4.98 Å². The molecule has 1 amide bonds. The number of methoxy groups -OCH3 is 1. The molecule has 0 N–H and O–H groups in total. The predicted octanol–water partition coefficient (Wildman–Crippen LogP) is 4.73. The molecule has 3 aromatic heterocycles. The smallest absolute Gasteiger partial charge is 0.452 e. The number of halogens is 3. The summed E-state index contributed by atoms with van der Waals surface area (Å²) >= 11 is 0. The van der Waals surface area contributed by atoms with E-state index in [1.54, 1.807) is 17.0 Å². The molecule has 6 rings (SSSR count). The highest BCUT2D eigenvalue weighted by atomic mass is 19.4. The Bertz CT molecular complexity index is 1700. The molecule has 1 atom stereocenters. The van der Waals surface area contributed by atoms with Gasteiger partial charge >= 0.3 is 12.4 Å². The van der Waals surface area contributed by atoms with Gasteiger partial charge in [-0.3, -0.25) is 14.7 Å². The summed E-state index contributed by atoms with van der Waals surface area (Å²) in [4.78, 5) is 25.8. The molecule has 216 valence electrons. The lowest BCUT2D eigenvalue weighted by Crippen LogP contribution is -2.50. The number of aromatic nitrogens is 4. The Morgan fingerprint density at radius 1 is 0.976 bits per heavy atom. The molecule has 0 saturated carbocycles. The molecule has 1 aliphatic rings. The van der Waals surface area contributed by atoms with Crippen molar-refractivity contribution >= 4 is 17.0 Å². The van der Waals surface area contributed by atoms with E-state index >= 15 is 0 Å². The molecule has 0 bridgehead atoms. The first-order valence-electron chi connectivity index (χ1n) is 12.9. The third kappa shape index (κ3) is 5.74. The molecule has 14 heteroatoms. The molecule has 1 saturated heterocycles. The summed E-state index contributed by atoms with van der Waals surface area (Å²) in [5.74, 6) is -0.157. The molecule has 0 aliphatic carbocycles. The molecule has 0 unspecified atom stereocenters. The molecule has 5 aromatic rings. The molecule has 0 spiro atoms. The van der Waals surface area contributed by atoms with Gasteiger partial charge in [0.2, 0.25) is 11.8 Å². The zero-order valence-corrected chi connectivity index (χ0v) is 22.1. The minimum atomic E-state index is -4.82. The van der Waals surface area contributed by atoms with Crippen LogP contribution in [0.15, 0.2) is 75.7 Å². The summed E-state index contributed by atoms with van der Waals surface area (Å²) in [6.45, 7) is 1.90. The summed E-state index contributed by atoms with van der Waals surface area (Å²) in [7, 11) is 1.45. The Labute approximate surface area is 236 Å². The average molecular weight is 581 g/mol. The monoisotopic (exact) mass is 580 g/mol. The fraction of sp³-hybridized carbons (Fsp3) is 0.250. The van der Waals surface area contributed by atoms with Gasteiger partial charge in [-0.15, -0.1) is 18.3 Å². The van der Waals surface area contributed by atoms with Crippen molar-refractivity contribution in [3.63, 3.8) is 0 Å². The first kappa shape index (κ1) is 27.2. The van der Waals surface area contributed by atoms with Crippen LogP contribution in [0.2, 0.25) is 0 Å². The number of alkyl halides is 3. The van der Waals surface area contributed by atoms with Crippen LogP contribution in [-0.4, -0.2) is 75.5 Å². The van der Waals surface area contributed by atoms with E-state index in [2.05, 4.69) is 29.8 Å². The number of benzene rings is 2. The minimum absolute atomic E-state index is 0.0692. The summed E-state index contributed by atoms with van der Waals surface area (Å²) < 4.78 is 58.2. The Balaban J connectivity index is 1.17. The number of hydrogen-bond acceptors (Lipinski definition) is 10. The average Bonchev–Trinajstić information content (AvgIpc) is 3.64. The molecule has 1 aliphatic heterocycles. The number of carbonyl (C=O) groups excluding carboxylic acids is 1. The highest BCUT2D eigenvalue weighted by Crippen LogP contribution is 2.32. The van der Waals surface area contributed by atoms with Crippen molar-refractivity contribution in [2.24, 2.45) is 0 Å². The Hall–Kier alpha value is -4.98. The molecule has 11 nitrogen and oxygen atoms in total. The van der Waals surface area contributed by atoms with Gasteiger partial charge in [-0.2, -0.15) is 0 Å². The fourth-order valence-corrected chi connectivity index (χ4v) is 4.81. The van der Waals surface area contributed by atoms with E-state index in [9.17, 15) is 18.0 Å². The van der Waals surface area contributed by atoms with Crippen molar-refractivity contribution in [3.05, 3.63) is 84.0 Å². The number of amides is 1. The third-order valence-electron chi connectivity index (χ3n) is 6.73. The Morgan fingerprint density at radius 2 is 1.76 bits per heavy atom. The van der Waals surface area contributed by atoms with E-state index < -0.39 is 12.1 Å². The van der Waals surface area contributed by atoms with E-state index in [4.69, 9.17) is 13.6 Å². The van der Waals surface area contributed by atoms with Crippen molar-refractivity contribution in [1.82, 2.24) is 30.0 Å². The quantitative estimate of drug-likeness (QED) is 0.267. The fourth-order valence-electron chi connectivity index (χ4n) is 4.81. The van der Waals surface area contributed by atoms with Gasteiger partial charge in [0, 0.05) is 44.0 Å². The number of hydrogen-bond donors (Lipinski definition) is 0. The zero-order valence-electron chi connectivity index (χ0n) is 22.1. The normalized spacial score (nSPS) is 15.1. The van der Waals surface area contributed by atoms with E-state index in [0.717, 1.165) is 17.7 Å². The first-order chi connectivity index (χ1) is 20.3. The van der Waals surface area contributed by atoms with Gasteiger partial charge in [0.05, 0.1) is 7.11 Å². The lowest BCUT2D eigenvalue weighted by atomic mass is 10.0. The number of piperazine rings is 1. The maximum Gasteiger partial charge on any atom is 0.573 e. The van der Waals surface area contributed by atoms with Gasteiger partial charge in [0.15, 0.2) is 5.58 Å². The Morgan fingerprint density at radius 3 is 2.48 bits per heavy atom. The standard InChI is InChI=1S/C28H23F3N6O5/c1-39-27-35-34-25(41-27)23(17-5-3-2-4-6-17)36-11-13-37(14-12-36)26(38)21-15-18(9-10-32-21)24-33-20-16-19(42-28(29,30)31)7-8-22(20)40-24/h2-10,15-16,23H,11-14H2,1H3/t23-/m0/s1. The lowest BCUT2D eigenvalue weighted by molar-refractivity contribution is -0.274. The van der Waals surface area contributed by atoms with Crippen molar-refractivity contribution in [1.29, 1.82) is 0 Å². The van der Waals surface area contributed by atoms with Gasteiger partial charge in [-0.05, 0) is 29.8 Å². The molecule has 42 heavy (non-hydrogen) atoms. The summed E-state index contributed by atoms with van der Waals surface area (Å²) in [5.41, 5.74) is 2.06. The maximum absolute atomic E-state index is 13.4. The predicted molar refractivity (Wildman–Crippen MR) is 141 cm³/mol. The zero-order chi connectivity index (χ0) is 29.3. The van der Waals surface area contributed by atoms with E-state index in [0.29, 0.717) is 37.6 Å². The van der Waals surface area contributed by atoms with Crippen molar-refractivity contribution in [2.45, 2.75) is 12.4 Å². The number of carbonyl (C=O) groups is 1. The van der Waals surface area contributed by atoms with Crippen LogP contribution < -0.4 is 9.47 Å². The van der Waals surface area contributed by atoms with Crippen LogP contribution in [0.25, 0.3) is 22.6 Å². The van der Waals surface area contributed by atoms with Crippen LogP contribution in [0, 0.1) is 0 Å². The summed E-state index contributed by atoms with van der Waals surface area (Å²) in [5, 5.41) is 8.09. The van der Waals surface area contributed by atoms with Gasteiger partial charge < -0.3 is 23.2 Å². The molecular weight excluding hydrogens is 557 g/mol.